The summed E-state index contributed by atoms with van der Waals surface area (Å²) in [5.41, 5.74) is 5.60. The van der Waals surface area contributed by atoms with Crippen molar-refractivity contribution in [2.45, 2.75) is 4.90 Å². The van der Waals surface area contributed by atoms with Crippen LogP contribution in [0.4, 0.5) is 11.4 Å². The molecule has 0 N–H and O–H groups in total. The van der Waals surface area contributed by atoms with Gasteiger partial charge in [-0.2, -0.15) is 0 Å². The van der Waals surface area contributed by atoms with Crippen LogP contribution in [-0.4, -0.2) is 19.8 Å². The zero-order valence-electron chi connectivity index (χ0n) is 14.9. The number of rotatable bonds is 3. The van der Waals surface area contributed by atoms with Crippen LogP contribution in [0.5, 0.6) is 0 Å². The molecule has 1 aliphatic rings. The summed E-state index contributed by atoms with van der Waals surface area (Å²) in [6, 6.07) is 27.3. The van der Waals surface area contributed by atoms with E-state index in [0.29, 0.717) is 0 Å². The molecule has 0 amide bonds. The molecule has 3 aromatic rings. The Kier molecular flexibility index (Phi) is 4.63. The Morgan fingerprint density at radius 2 is 1.50 bits per heavy atom. The normalized spacial score (nSPS) is 14.7. The highest BCUT2D eigenvalue weighted by molar-refractivity contribution is 8.04. The number of anilines is 1. The van der Waals surface area contributed by atoms with Crippen molar-refractivity contribution in [1.82, 2.24) is 0 Å². The monoisotopic (exact) mass is 356 g/mol. The molecule has 0 radical (unpaired) electrons. The molecule has 0 saturated carbocycles. The van der Waals surface area contributed by atoms with Gasteiger partial charge in [0.05, 0.1) is 11.4 Å². The first-order valence-electron chi connectivity index (χ1n) is 8.61. The predicted molar refractivity (Wildman–Crippen MR) is 114 cm³/mol. The van der Waals surface area contributed by atoms with Gasteiger partial charge in [0.25, 0.3) is 0 Å². The van der Waals surface area contributed by atoms with E-state index < -0.39 is 0 Å². The summed E-state index contributed by atoms with van der Waals surface area (Å²) in [6.07, 6.45) is 2.23. The van der Waals surface area contributed by atoms with E-state index in [1.807, 2.05) is 12.1 Å². The fraction of sp³-hybridized carbons (Fsp3) is 0.0870. The van der Waals surface area contributed by atoms with Crippen LogP contribution in [0.2, 0.25) is 0 Å². The quantitative estimate of drug-likeness (QED) is 0.570. The van der Waals surface area contributed by atoms with E-state index in [2.05, 4.69) is 91.8 Å². The van der Waals surface area contributed by atoms with Crippen LogP contribution in [0.25, 0.3) is 6.08 Å². The number of nitrogens with zero attached hydrogens (tertiary/aromatic N) is 2. The van der Waals surface area contributed by atoms with Crippen molar-refractivity contribution < 1.29 is 0 Å². The van der Waals surface area contributed by atoms with Crippen molar-refractivity contribution in [3.63, 3.8) is 0 Å². The van der Waals surface area contributed by atoms with Gasteiger partial charge in [-0.05, 0) is 35.9 Å². The summed E-state index contributed by atoms with van der Waals surface area (Å²) >= 11 is 1.79. The van der Waals surface area contributed by atoms with Gasteiger partial charge >= 0.3 is 0 Å². The second-order valence-corrected chi connectivity index (χ2v) is 7.47. The number of allylic oxidation sites excluding steroid dienone is 1. The largest absolute Gasteiger partial charge is 0.378 e. The molecule has 4 rings (SSSR count). The molecular formula is C23H20N2S. The molecule has 0 fully saturated rings. The van der Waals surface area contributed by atoms with Crippen LogP contribution >= 0.6 is 11.8 Å². The third kappa shape index (κ3) is 3.44. The van der Waals surface area contributed by atoms with E-state index in [-0.39, 0.29) is 0 Å². The Bertz CT molecular complexity index is 971. The first-order chi connectivity index (χ1) is 12.7. The molecule has 0 unspecified atom stereocenters. The van der Waals surface area contributed by atoms with E-state index in [0.717, 1.165) is 17.0 Å². The number of aliphatic imine (C=N–C) groups is 1. The van der Waals surface area contributed by atoms with E-state index in [9.17, 15) is 0 Å². The Labute approximate surface area is 158 Å². The van der Waals surface area contributed by atoms with Gasteiger partial charge in [0.2, 0.25) is 0 Å². The summed E-state index contributed by atoms with van der Waals surface area (Å²) in [5, 5.41) is 0. The van der Waals surface area contributed by atoms with Gasteiger partial charge in [-0.25, -0.2) is 4.99 Å². The van der Waals surface area contributed by atoms with Crippen molar-refractivity contribution in [3.8, 4) is 0 Å². The number of benzene rings is 3. The second-order valence-electron chi connectivity index (χ2n) is 6.39. The molecule has 3 heteroatoms. The van der Waals surface area contributed by atoms with E-state index in [1.54, 1.807) is 11.8 Å². The molecule has 0 atom stereocenters. The minimum atomic E-state index is 1.03. The lowest BCUT2D eigenvalue weighted by atomic mass is 10.1. The highest BCUT2D eigenvalue weighted by Crippen LogP contribution is 2.42. The van der Waals surface area contributed by atoms with Crippen LogP contribution < -0.4 is 4.90 Å². The molecule has 0 aliphatic carbocycles. The summed E-state index contributed by atoms with van der Waals surface area (Å²) in [4.78, 5) is 9.44. The summed E-state index contributed by atoms with van der Waals surface area (Å²) in [5.74, 6) is 0. The Morgan fingerprint density at radius 1 is 0.808 bits per heavy atom. The fourth-order valence-corrected chi connectivity index (χ4v) is 3.96. The minimum Gasteiger partial charge on any atom is -0.378 e. The van der Waals surface area contributed by atoms with Crippen molar-refractivity contribution in [1.29, 1.82) is 0 Å². The lowest BCUT2D eigenvalue weighted by Crippen LogP contribution is -2.08. The van der Waals surface area contributed by atoms with Gasteiger partial charge in [-0.15, -0.1) is 0 Å². The zero-order chi connectivity index (χ0) is 17.9. The molecule has 2 nitrogen and oxygen atoms in total. The number of hydrogen-bond acceptors (Lipinski definition) is 3. The first kappa shape index (κ1) is 16.7. The van der Waals surface area contributed by atoms with E-state index in [4.69, 9.17) is 4.99 Å². The SMILES string of the molecule is CN(C)c1ccc(/C=C2\Sc3ccccc3N=C2c2ccccc2)cc1. The Hall–Kier alpha value is -2.78. The predicted octanol–water partition coefficient (Wildman–Crippen LogP) is 6.02. The summed E-state index contributed by atoms with van der Waals surface area (Å²) in [6.45, 7) is 0. The van der Waals surface area contributed by atoms with Gasteiger partial charge in [0, 0.05) is 35.1 Å². The lowest BCUT2D eigenvalue weighted by molar-refractivity contribution is 1.13. The number of hydrogen-bond donors (Lipinski definition) is 0. The number of thioether (sulfide) groups is 1. The van der Waals surface area contributed by atoms with E-state index >= 15 is 0 Å². The topological polar surface area (TPSA) is 15.6 Å². The highest BCUT2D eigenvalue weighted by atomic mass is 32.2. The summed E-state index contributed by atoms with van der Waals surface area (Å²) in [7, 11) is 4.11. The van der Waals surface area contributed by atoms with Gasteiger partial charge in [0.1, 0.15) is 0 Å². The maximum absolute atomic E-state index is 4.96. The Morgan fingerprint density at radius 3 is 2.23 bits per heavy atom. The molecule has 0 spiro atoms. The average Bonchev–Trinajstić information content (AvgIpc) is 2.68. The minimum absolute atomic E-state index is 1.03. The Balaban J connectivity index is 1.78. The van der Waals surface area contributed by atoms with Crippen molar-refractivity contribution in [2.75, 3.05) is 19.0 Å². The molecule has 26 heavy (non-hydrogen) atoms. The van der Waals surface area contributed by atoms with Crippen molar-refractivity contribution >= 4 is 34.9 Å². The molecule has 128 valence electrons. The van der Waals surface area contributed by atoms with Gasteiger partial charge < -0.3 is 4.90 Å². The third-order valence-corrected chi connectivity index (χ3v) is 5.40. The standard InChI is InChI=1S/C23H20N2S/c1-25(2)19-14-12-17(13-15-19)16-22-23(18-8-4-3-5-9-18)24-20-10-6-7-11-21(20)26-22/h3-16H,1-2H3/b22-16-. The average molecular weight is 356 g/mol. The smallest absolute Gasteiger partial charge is 0.0849 e. The summed E-state index contributed by atoms with van der Waals surface area (Å²) < 4.78 is 0. The molecular weight excluding hydrogens is 336 g/mol. The molecule has 0 bridgehead atoms. The molecule has 3 aromatic carbocycles. The van der Waals surface area contributed by atoms with Gasteiger partial charge in [-0.1, -0.05) is 66.4 Å². The molecule has 0 aromatic heterocycles. The maximum atomic E-state index is 4.96. The third-order valence-electron chi connectivity index (χ3n) is 4.31. The van der Waals surface area contributed by atoms with Crippen molar-refractivity contribution in [3.05, 3.63) is 94.9 Å². The number of fused-ring (bicyclic) bond motifs is 1. The van der Waals surface area contributed by atoms with Crippen LogP contribution in [0.15, 0.2) is 93.7 Å². The molecule has 1 heterocycles. The van der Waals surface area contributed by atoms with Crippen LogP contribution in [0, 0.1) is 0 Å². The molecule has 0 saturated heterocycles. The van der Waals surface area contributed by atoms with Gasteiger partial charge in [-0.3, -0.25) is 0 Å². The number of para-hydroxylation sites is 1. The highest BCUT2D eigenvalue weighted by Gasteiger charge is 2.19. The zero-order valence-corrected chi connectivity index (χ0v) is 15.7. The van der Waals surface area contributed by atoms with Crippen LogP contribution in [-0.2, 0) is 0 Å². The van der Waals surface area contributed by atoms with Crippen LogP contribution in [0.3, 0.4) is 0 Å². The first-order valence-corrected chi connectivity index (χ1v) is 9.43. The van der Waals surface area contributed by atoms with Crippen LogP contribution in [0.1, 0.15) is 11.1 Å². The van der Waals surface area contributed by atoms with Crippen molar-refractivity contribution in [2.24, 2.45) is 4.99 Å². The second kappa shape index (κ2) is 7.22. The molecule has 1 aliphatic heterocycles. The fourth-order valence-electron chi connectivity index (χ4n) is 2.90. The van der Waals surface area contributed by atoms with Gasteiger partial charge in [0.15, 0.2) is 0 Å². The lowest BCUT2D eigenvalue weighted by Gasteiger charge is -2.19. The maximum Gasteiger partial charge on any atom is 0.0849 e. The van der Waals surface area contributed by atoms with E-state index in [1.165, 1.54) is 21.1 Å².